The summed E-state index contributed by atoms with van der Waals surface area (Å²) < 4.78 is 1.05. The zero-order valence-corrected chi connectivity index (χ0v) is 12.2. The molecular formula is C14H16BrN3. The average Bonchev–Trinajstić information content (AvgIpc) is 2.36. The minimum Gasteiger partial charge on any atom is -0.370 e. The van der Waals surface area contributed by atoms with Crippen LogP contribution in [0, 0.1) is 6.92 Å². The van der Waals surface area contributed by atoms with Crippen molar-refractivity contribution in [3.8, 4) is 11.3 Å². The molecule has 0 fully saturated rings. The van der Waals surface area contributed by atoms with Crippen molar-refractivity contribution in [1.82, 2.24) is 9.97 Å². The van der Waals surface area contributed by atoms with Gasteiger partial charge in [-0.1, -0.05) is 35.0 Å². The Morgan fingerprint density at radius 3 is 2.78 bits per heavy atom. The molecule has 0 aliphatic rings. The zero-order valence-electron chi connectivity index (χ0n) is 10.6. The van der Waals surface area contributed by atoms with Gasteiger partial charge in [0.2, 0.25) is 0 Å². The quantitative estimate of drug-likeness (QED) is 0.926. The van der Waals surface area contributed by atoms with E-state index in [9.17, 15) is 0 Å². The average molecular weight is 306 g/mol. The summed E-state index contributed by atoms with van der Waals surface area (Å²) in [6.45, 7) is 4.98. The lowest BCUT2D eigenvalue weighted by Crippen LogP contribution is -2.04. The minimum atomic E-state index is 0.783. The summed E-state index contributed by atoms with van der Waals surface area (Å²) in [6.07, 6.45) is 1.08. The fraction of sp³-hybridized carbons (Fsp3) is 0.286. The molecule has 0 saturated carbocycles. The van der Waals surface area contributed by atoms with Gasteiger partial charge in [0.25, 0.3) is 0 Å². The standard InChI is InChI=1S/C14H16BrN3/c1-3-7-16-14-9-13(17-10(2)18-14)11-5-4-6-12(15)8-11/h4-6,8-9H,3,7H2,1-2H3,(H,16,17,18). The van der Waals surface area contributed by atoms with Crippen LogP contribution in [0.2, 0.25) is 0 Å². The maximum Gasteiger partial charge on any atom is 0.130 e. The molecule has 0 spiro atoms. The van der Waals surface area contributed by atoms with E-state index in [1.807, 2.05) is 25.1 Å². The monoisotopic (exact) mass is 305 g/mol. The summed E-state index contributed by atoms with van der Waals surface area (Å²) in [5, 5.41) is 3.30. The summed E-state index contributed by atoms with van der Waals surface area (Å²) in [6, 6.07) is 10.1. The Balaban J connectivity index is 2.35. The number of nitrogens with one attached hydrogen (secondary N) is 1. The van der Waals surface area contributed by atoms with Gasteiger partial charge < -0.3 is 5.32 Å². The van der Waals surface area contributed by atoms with Gasteiger partial charge in [0, 0.05) is 22.6 Å². The third kappa shape index (κ3) is 3.29. The second-order valence-corrected chi connectivity index (χ2v) is 5.04. The summed E-state index contributed by atoms with van der Waals surface area (Å²) >= 11 is 3.48. The molecule has 18 heavy (non-hydrogen) atoms. The van der Waals surface area contributed by atoms with E-state index < -0.39 is 0 Å². The van der Waals surface area contributed by atoms with Crippen molar-refractivity contribution in [2.45, 2.75) is 20.3 Å². The van der Waals surface area contributed by atoms with Gasteiger partial charge in [0.1, 0.15) is 11.6 Å². The molecule has 0 unspecified atom stereocenters. The molecule has 4 heteroatoms. The first-order valence-electron chi connectivity index (χ1n) is 6.04. The van der Waals surface area contributed by atoms with Crippen molar-refractivity contribution in [2.75, 3.05) is 11.9 Å². The molecule has 0 bridgehead atoms. The van der Waals surface area contributed by atoms with Gasteiger partial charge in [-0.25, -0.2) is 9.97 Å². The van der Waals surface area contributed by atoms with E-state index >= 15 is 0 Å². The highest BCUT2D eigenvalue weighted by Crippen LogP contribution is 2.23. The second-order valence-electron chi connectivity index (χ2n) is 4.12. The lowest BCUT2D eigenvalue weighted by molar-refractivity contribution is 0.955. The summed E-state index contributed by atoms with van der Waals surface area (Å²) in [5.41, 5.74) is 2.04. The Morgan fingerprint density at radius 2 is 2.06 bits per heavy atom. The van der Waals surface area contributed by atoms with Crippen LogP contribution in [0.4, 0.5) is 5.82 Å². The Morgan fingerprint density at radius 1 is 1.22 bits per heavy atom. The van der Waals surface area contributed by atoms with E-state index in [-0.39, 0.29) is 0 Å². The number of halogens is 1. The molecular weight excluding hydrogens is 290 g/mol. The van der Waals surface area contributed by atoms with Crippen molar-refractivity contribution in [1.29, 1.82) is 0 Å². The van der Waals surface area contributed by atoms with Crippen molar-refractivity contribution >= 4 is 21.7 Å². The van der Waals surface area contributed by atoms with Crippen molar-refractivity contribution < 1.29 is 0 Å². The van der Waals surface area contributed by atoms with Crippen LogP contribution in [0.15, 0.2) is 34.8 Å². The second kappa shape index (κ2) is 5.96. The molecule has 0 aliphatic heterocycles. The van der Waals surface area contributed by atoms with Gasteiger partial charge in [-0.15, -0.1) is 0 Å². The minimum absolute atomic E-state index is 0.783. The first-order chi connectivity index (χ1) is 8.69. The maximum atomic E-state index is 4.48. The largest absolute Gasteiger partial charge is 0.370 e. The van der Waals surface area contributed by atoms with Crippen LogP contribution in [0.3, 0.4) is 0 Å². The highest BCUT2D eigenvalue weighted by atomic mass is 79.9. The first-order valence-corrected chi connectivity index (χ1v) is 6.84. The normalized spacial score (nSPS) is 10.4. The molecule has 0 saturated heterocycles. The molecule has 1 heterocycles. The highest BCUT2D eigenvalue weighted by molar-refractivity contribution is 9.10. The third-order valence-corrected chi connectivity index (χ3v) is 3.01. The molecule has 2 rings (SSSR count). The van der Waals surface area contributed by atoms with Gasteiger partial charge in [0.15, 0.2) is 0 Å². The molecule has 3 nitrogen and oxygen atoms in total. The predicted molar refractivity (Wildman–Crippen MR) is 78.7 cm³/mol. The Labute approximate surface area is 116 Å². The van der Waals surface area contributed by atoms with Gasteiger partial charge in [-0.05, 0) is 25.5 Å². The molecule has 1 N–H and O–H groups in total. The van der Waals surface area contributed by atoms with Gasteiger partial charge >= 0.3 is 0 Å². The summed E-state index contributed by atoms with van der Waals surface area (Å²) in [5.74, 6) is 1.67. The highest BCUT2D eigenvalue weighted by Gasteiger charge is 2.04. The Bertz CT molecular complexity index is 540. The predicted octanol–water partition coefficient (Wildman–Crippen LogP) is 4.04. The number of rotatable bonds is 4. The van der Waals surface area contributed by atoms with Gasteiger partial charge in [0.05, 0.1) is 5.69 Å². The summed E-state index contributed by atoms with van der Waals surface area (Å²) in [7, 11) is 0. The van der Waals surface area contributed by atoms with Crippen molar-refractivity contribution in [3.63, 3.8) is 0 Å². The van der Waals surface area contributed by atoms with Crippen LogP contribution in [-0.4, -0.2) is 16.5 Å². The maximum absolute atomic E-state index is 4.48. The van der Waals surface area contributed by atoms with E-state index in [1.54, 1.807) is 0 Å². The van der Waals surface area contributed by atoms with E-state index in [1.165, 1.54) is 0 Å². The van der Waals surface area contributed by atoms with Crippen molar-refractivity contribution in [2.24, 2.45) is 0 Å². The molecule has 1 aromatic heterocycles. The SMILES string of the molecule is CCCNc1cc(-c2cccc(Br)c2)nc(C)n1. The smallest absolute Gasteiger partial charge is 0.130 e. The molecule has 2 aromatic rings. The van der Waals surface area contributed by atoms with Crippen molar-refractivity contribution in [3.05, 3.63) is 40.6 Å². The molecule has 0 radical (unpaired) electrons. The van der Waals surface area contributed by atoms with Crippen LogP contribution in [0.25, 0.3) is 11.3 Å². The molecule has 94 valence electrons. The topological polar surface area (TPSA) is 37.8 Å². The molecule has 0 atom stereocenters. The van der Waals surface area contributed by atoms with E-state index in [0.29, 0.717) is 0 Å². The van der Waals surface area contributed by atoms with E-state index in [4.69, 9.17) is 0 Å². The molecule has 1 aromatic carbocycles. The van der Waals surface area contributed by atoms with Crippen LogP contribution in [0.1, 0.15) is 19.2 Å². The Hall–Kier alpha value is -1.42. The van der Waals surface area contributed by atoms with Crippen LogP contribution < -0.4 is 5.32 Å². The zero-order chi connectivity index (χ0) is 13.0. The van der Waals surface area contributed by atoms with Crippen LogP contribution >= 0.6 is 15.9 Å². The lowest BCUT2D eigenvalue weighted by Gasteiger charge is -2.08. The Kier molecular flexibility index (Phi) is 4.31. The van der Waals surface area contributed by atoms with Gasteiger partial charge in [-0.2, -0.15) is 0 Å². The number of nitrogens with zero attached hydrogens (tertiary/aromatic N) is 2. The number of anilines is 1. The number of aromatic nitrogens is 2. The molecule has 0 amide bonds. The number of hydrogen-bond acceptors (Lipinski definition) is 3. The van der Waals surface area contributed by atoms with E-state index in [2.05, 4.69) is 50.3 Å². The lowest BCUT2D eigenvalue weighted by atomic mass is 10.1. The molecule has 0 aliphatic carbocycles. The van der Waals surface area contributed by atoms with Crippen LogP contribution in [0.5, 0.6) is 0 Å². The number of hydrogen-bond donors (Lipinski definition) is 1. The van der Waals surface area contributed by atoms with Crippen LogP contribution in [-0.2, 0) is 0 Å². The summed E-state index contributed by atoms with van der Waals surface area (Å²) in [4.78, 5) is 8.87. The fourth-order valence-electron chi connectivity index (χ4n) is 1.71. The third-order valence-electron chi connectivity index (χ3n) is 2.51. The number of benzene rings is 1. The fourth-order valence-corrected chi connectivity index (χ4v) is 2.11. The van der Waals surface area contributed by atoms with E-state index in [0.717, 1.165) is 40.3 Å². The number of aryl methyl sites for hydroxylation is 1. The first kappa shape index (κ1) is 13.0. The van der Waals surface area contributed by atoms with Gasteiger partial charge in [-0.3, -0.25) is 0 Å².